The van der Waals surface area contributed by atoms with Crippen molar-refractivity contribution in [3.63, 3.8) is 0 Å². The summed E-state index contributed by atoms with van der Waals surface area (Å²) in [6.45, 7) is 4.33. The molecule has 0 spiro atoms. The molecule has 2 rings (SSSR count). The summed E-state index contributed by atoms with van der Waals surface area (Å²) in [6.07, 6.45) is -0.493. The van der Waals surface area contributed by atoms with E-state index >= 15 is 0 Å². The Hall–Kier alpha value is -2.73. The van der Waals surface area contributed by atoms with E-state index in [0.29, 0.717) is 0 Å². The van der Waals surface area contributed by atoms with E-state index in [1.807, 2.05) is 5.09 Å². The van der Waals surface area contributed by atoms with Crippen LogP contribution in [0, 0.1) is 29.1 Å². The van der Waals surface area contributed by atoms with Crippen LogP contribution in [0.4, 0.5) is 22.0 Å². The van der Waals surface area contributed by atoms with Gasteiger partial charge in [0.2, 0.25) is 40.6 Å². The van der Waals surface area contributed by atoms with E-state index in [9.17, 15) is 36.2 Å². The summed E-state index contributed by atoms with van der Waals surface area (Å²) in [4.78, 5) is 26.1. The second-order valence-corrected chi connectivity index (χ2v) is 7.91. The number of esters is 1. The fourth-order valence-electron chi connectivity index (χ4n) is 2.13. The first kappa shape index (κ1) is 25.5. The van der Waals surface area contributed by atoms with Crippen LogP contribution in [0.25, 0.3) is 0 Å². The van der Waals surface area contributed by atoms with E-state index in [1.165, 1.54) is 19.1 Å². The van der Waals surface area contributed by atoms with Crippen LogP contribution >= 0.6 is 7.75 Å². The minimum absolute atomic E-state index is 0.493. The van der Waals surface area contributed by atoms with Crippen molar-refractivity contribution in [3.05, 3.63) is 53.4 Å². The van der Waals surface area contributed by atoms with Crippen molar-refractivity contribution < 1.29 is 55.2 Å². The number of para-hydroxylation sites is 2. The van der Waals surface area contributed by atoms with Gasteiger partial charge in [-0.15, -0.1) is 0 Å². The average molecular weight is 485 g/mol. The predicted octanol–water partition coefficient (Wildman–Crippen LogP) is 4.51. The lowest BCUT2D eigenvalue weighted by atomic mass is 10.2. The molecule has 0 saturated heterocycles. The van der Waals surface area contributed by atoms with Gasteiger partial charge in [-0.2, -0.15) is 8.78 Å². The Morgan fingerprint density at radius 1 is 0.938 bits per heavy atom. The number of rotatable bonds is 9. The summed E-state index contributed by atoms with van der Waals surface area (Å²) >= 11 is 0. The van der Waals surface area contributed by atoms with E-state index in [0.717, 1.165) is 12.1 Å². The quantitative estimate of drug-likeness (QED) is 0.102. The molecule has 2 aromatic rings. The van der Waals surface area contributed by atoms with E-state index in [4.69, 9.17) is 9.47 Å². The summed E-state index contributed by atoms with van der Waals surface area (Å²) in [5.41, 5.74) is 0. The molecular formula is C18H17F5NO7P. The van der Waals surface area contributed by atoms with Crippen LogP contribution in [0.5, 0.6) is 17.2 Å². The van der Waals surface area contributed by atoms with Crippen molar-refractivity contribution in [2.75, 3.05) is 0 Å². The molecule has 0 bridgehead atoms. The minimum Gasteiger partial charge on any atom is -0.462 e. The minimum atomic E-state index is -4.80. The van der Waals surface area contributed by atoms with E-state index in [-0.39, 0.29) is 0 Å². The second-order valence-electron chi connectivity index (χ2n) is 6.46. The number of ether oxygens (including phenoxy) is 2. The molecular weight excluding hydrogens is 468 g/mol. The molecule has 8 nitrogen and oxygen atoms in total. The molecule has 32 heavy (non-hydrogen) atoms. The van der Waals surface area contributed by atoms with Crippen LogP contribution in [0.15, 0.2) is 24.3 Å². The predicted molar refractivity (Wildman–Crippen MR) is 98.1 cm³/mol. The Balaban J connectivity index is 2.19. The number of hydrogen-bond acceptors (Lipinski definition) is 6. The third kappa shape index (κ3) is 6.16. The number of nitrogens with one attached hydrogen (secondary N) is 1. The third-order valence-electron chi connectivity index (χ3n) is 3.52. The van der Waals surface area contributed by atoms with Crippen molar-refractivity contribution in [2.45, 2.75) is 32.9 Å². The molecule has 0 amide bonds. The fourth-order valence-corrected chi connectivity index (χ4v) is 2.95. The second kappa shape index (κ2) is 10.3. The number of hydrogen-bond donors (Lipinski definition) is 2. The summed E-state index contributed by atoms with van der Waals surface area (Å²) in [6, 6.07) is 3.27. The zero-order valence-electron chi connectivity index (χ0n) is 16.7. The van der Waals surface area contributed by atoms with Crippen LogP contribution in [-0.2, 0) is 18.8 Å². The molecule has 0 heterocycles. The van der Waals surface area contributed by atoms with Crippen LogP contribution in [0.3, 0.4) is 0 Å². The maximum atomic E-state index is 13.8. The van der Waals surface area contributed by atoms with Crippen molar-refractivity contribution in [3.8, 4) is 17.2 Å². The van der Waals surface area contributed by atoms with Crippen molar-refractivity contribution in [1.29, 1.82) is 0 Å². The molecule has 0 aromatic heterocycles. The molecule has 176 valence electrons. The summed E-state index contributed by atoms with van der Waals surface area (Å²) in [5, 5.41) is 1.93. The first-order valence-electron chi connectivity index (χ1n) is 8.79. The highest BCUT2D eigenvalue weighted by Crippen LogP contribution is 2.41. The van der Waals surface area contributed by atoms with Crippen molar-refractivity contribution >= 4 is 13.7 Å². The summed E-state index contributed by atoms with van der Waals surface area (Å²) < 4.78 is 93.6. The van der Waals surface area contributed by atoms with Crippen LogP contribution in [0.2, 0.25) is 0 Å². The highest BCUT2D eigenvalue weighted by Gasteiger charge is 2.31. The van der Waals surface area contributed by atoms with Gasteiger partial charge in [-0.25, -0.2) is 22.8 Å². The van der Waals surface area contributed by atoms with Crippen LogP contribution < -0.4 is 14.7 Å². The van der Waals surface area contributed by atoms with E-state index < -0.39 is 72.2 Å². The SMILES string of the molecule is CC(C)OC(=O)[C@H](C)N[P@@](=O)(O)OOc1ccccc1Oc1c(F)c(F)c(F)c(F)c1F. The van der Waals surface area contributed by atoms with E-state index in [1.54, 1.807) is 13.8 Å². The number of carbonyl (C=O) groups excluding carboxylic acids is 1. The van der Waals surface area contributed by atoms with Gasteiger partial charge in [0.25, 0.3) is 0 Å². The lowest BCUT2D eigenvalue weighted by Crippen LogP contribution is -2.35. The lowest BCUT2D eigenvalue weighted by molar-refractivity contribution is -0.149. The molecule has 0 fully saturated rings. The fraction of sp³-hybridized carbons (Fsp3) is 0.278. The molecule has 0 unspecified atom stereocenters. The molecule has 14 heteroatoms. The highest BCUT2D eigenvalue weighted by molar-refractivity contribution is 7.50. The molecule has 0 radical (unpaired) electrons. The average Bonchev–Trinajstić information content (AvgIpc) is 2.72. The van der Waals surface area contributed by atoms with Gasteiger partial charge in [0, 0.05) is 0 Å². The van der Waals surface area contributed by atoms with Crippen molar-refractivity contribution in [2.24, 2.45) is 0 Å². The van der Waals surface area contributed by atoms with Gasteiger partial charge in [-0.05, 0) is 32.9 Å². The van der Waals surface area contributed by atoms with Crippen LogP contribution in [-0.4, -0.2) is 23.0 Å². The first-order chi connectivity index (χ1) is 14.8. The van der Waals surface area contributed by atoms with E-state index in [2.05, 4.69) is 9.56 Å². The van der Waals surface area contributed by atoms with Gasteiger partial charge in [0.05, 0.1) is 6.10 Å². The lowest BCUT2D eigenvalue weighted by Gasteiger charge is -2.18. The highest BCUT2D eigenvalue weighted by atomic mass is 31.2. The molecule has 2 atom stereocenters. The van der Waals surface area contributed by atoms with Gasteiger partial charge >= 0.3 is 13.7 Å². The topological polar surface area (TPSA) is 103 Å². The number of benzene rings is 2. The normalized spacial score (nSPS) is 14.1. The summed E-state index contributed by atoms with van der Waals surface area (Å²) in [5.74, 6) is -15.0. The largest absolute Gasteiger partial charge is 0.462 e. The van der Waals surface area contributed by atoms with Crippen LogP contribution in [0.1, 0.15) is 20.8 Å². The Bertz CT molecular complexity index is 1020. The Kier molecular flexibility index (Phi) is 8.18. The maximum Gasteiger partial charge on any atom is 0.440 e. The number of halogens is 5. The molecule has 0 aliphatic heterocycles. The Morgan fingerprint density at radius 2 is 1.44 bits per heavy atom. The zero-order valence-corrected chi connectivity index (χ0v) is 17.6. The van der Waals surface area contributed by atoms with Gasteiger partial charge in [-0.1, -0.05) is 16.8 Å². The van der Waals surface area contributed by atoms with Gasteiger partial charge in [0.15, 0.2) is 5.75 Å². The zero-order chi connectivity index (χ0) is 24.2. The van der Waals surface area contributed by atoms with Gasteiger partial charge in [0.1, 0.15) is 6.04 Å². The van der Waals surface area contributed by atoms with Crippen molar-refractivity contribution in [1.82, 2.24) is 5.09 Å². The Morgan fingerprint density at radius 3 is 1.97 bits per heavy atom. The standard InChI is InChI=1S/C18H17F5NO7P/c1-8(2)28-18(25)9(3)24-32(26,27)31-30-11-7-5-4-6-10(11)29-17-15(22)13(20)12(19)14(21)16(17)23/h4-9H,1-3H3,(H2,24,26,27)/t9-/m0/s1. The first-order valence-corrected chi connectivity index (χ1v) is 10.4. The number of carbonyl (C=O) groups is 1. The smallest absolute Gasteiger partial charge is 0.440 e. The molecule has 0 aliphatic carbocycles. The van der Waals surface area contributed by atoms with Gasteiger partial charge in [-0.3, -0.25) is 4.79 Å². The third-order valence-corrected chi connectivity index (χ3v) is 4.51. The molecule has 0 aliphatic rings. The van der Waals surface area contributed by atoms with Gasteiger partial charge < -0.3 is 19.3 Å². The maximum absolute atomic E-state index is 13.8. The summed E-state index contributed by atoms with van der Waals surface area (Å²) in [7, 11) is -4.80. The molecule has 2 N–H and O–H groups in total. The molecule has 0 saturated carbocycles. The molecule has 2 aromatic carbocycles. The monoisotopic (exact) mass is 485 g/mol. The Labute approximate surface area is 178 Å².